The van der Waals surface area contributed by atoms with Gasteiger partial charge in [-0.25, -0.2) is 13.6 Å². The van der Waals surface area contributed by atoms with Crippen molar-refractivity contribution in [3.63, 3.8) is 0 Å². The number of benzene rings is 1. The fraction of sp³-hybridized carbons (Fsp3) is 0.600. The summed E-state index contributed by atoms with van der Waals surface area (Å²) in [5.41, 5.74) is 0.250. The first-order chi connectivity index (χ1) is 11.7. The summed E-state index contributed by atoms with van der Waals surface area (Å²) in [6, 6.07) is 2.10. The van der Waals surface area contributed by atoms with Gasteiger partial charge >= 0.3 is 0 Å². The molecule has 0 saturated heterocycles. The molecule has 0 unspecified atom stereocenters. The van der Waals surface area contributed by atoms with Gasteiger partial charge < -0.3 is 15.1 Å². The third-order valence-electron chi connectivity index (χ3n) is 4.96. The third kappa shape index (κ3) is 4.34. The van der Waals surface area contributed by atoms with Crippen LogP contribution in [0, 0.1) is 10.1 Å². The molecule has 146 valence electrons. The highest BCUT2D eigenvalue weighted by molar-refractivity contribution is 7.89. The lowest BCUT2D eigenvalue weighted by Gasteiger charge is -2.38. The Hall–Kier alpha value is -1.69. The van der Waals surface area contributed by atoms with E-state index in [1.807, 2.05) is 0 Å². The van der Waals surface area contributed by atoms with Crippen molar-refractivity contribution in [2.75, 3.05) is 23.8 Å². The Kier molecular flexibility index (Phi) is 5.39. The molecule has 1 aromatic rings. The summed E-state index contributed by atoms with van der Waals surface area (Å²) in [4.78, 5) is 10.5. The number of nitro groups is 1. The topological polar surface area (TPSA) is 137 Å². The molecule has 4 N–H and O–H groups in total. The second-order valence-electron chi connectivity index (χ2n) is 7.96. The van der Waals surface area contributed by atoms with Gasteiger partial charge in [0.25, 0.3) is 5.69 Å². The first-order valence-corrected chi connectivity index (χ1v) is 12.7. The Balaban J connectivity index is 2.26. The van der Waals surface area contributed by atoms with Gasteiger partial charge in [-0.05, 0) is 24.2 Å². The van der Waals surface area contributed by atoms with E-state index in [9.17, 15) is 18.5 Å². The third-order valence-corrected chi connectivity index (χ3v) is 10.3. The number of nitro benzene ring substituents is 1. The van der Waals surface area contributed by atoms with Gasteiger partial charge in [-0.2, -0.15) is 0 Å². The van der Waals surface area contributed by atoms with Gasteiger partial charge in [0.1, 0.15) is 5.69 Å². The second-order valence-corrected chi connectivity index (χ2v) is 14.3. The molecule has 9 nitrogen and oxygen atoms in total. The fourth-order valence-electron chi connectivity index (χ4n) is 2.31. The van der Waals surface area contributed by atoms with Gasteiger partial charge in [0.05, 0.1) is 28.2 Å². The summed E-state index contributed by atoms with van der Waals surface area (Å²) in [7, 11) is -5.99. The number of rotatable bonds is 5. The predicted molar refractivity (Wildman–Crippen MR) is 104 cm³/mol. The molecular weight excluding hydrogens is 376 g/mol. The highest BCUT2D eigenvalue weighted by Crippen LogP contribution is 2.39. The molecule has 1 aromatic carbocycles. The fourth-order valence-corrected chi connectivity index (χ4v) is 3.92. The van der Waals surface area contributed by atoms with Crippen molar-refractivity contribution in [2.45, 2.75) is 49.8 Å². The Morgan fingerprint density at radius 1 is 1.38 bits per heavy atom. The number of nitrogens with one attached hydrogen (secondary N) is 2. The molecule has 0 fully saturated rings. The van der Waals surface area contributed by atoms with Crippen molar-refractivity contribution >= 4 is 35.4 Å². The van der Waals surface area contributed by atoms with Crippen molar-refractivity contribution in [2.24, 2.45) is 5.14 Å². The normalized spacial score (nSPS) is 17.8. The average Bonchev–Trinajstić information content (AvgIpc) is 2.49. The number of sulfonamides is 1. The van der Waals surface area contributed by atoms with Gasteiger partial charge in [-0.15, -0.1) is 0 Å². The molecule has 0 aromatic heterocycles. The Bertz CT molecular complexity index is 820. The van der Waals surface area contributed by atoms with Crippen LogP contribution in [0.4, 0.5) is 17.1 Å². The summed E-state index contributed by atoms with van der Waals surface area (Å²) in [6.07, 6.45) is 0. The molecule has 1 heterocycles. The number of primary sulfonamides is 1. The highest BCUT2D eigenvalue weighted by Gasteiger charge is 2.38. The Morgan fingerprint density at radius 3 is 2.50 bits per heavy atom. The van der Waals surface area contributed by atoms with Gasteiger partial charge in [0.2, 0.25) is 10.0 Å². The van der Waals surface area contributed by atoms with Crippen molar-refractivity contribution in [3.8, 4) is 0 Å². The van der Waals surface area contributed by atoms with Gasteiger partial charge in [0, 0.05) is 12.6 Å². The molecule has 26 heavy (non-hydrogen) atoms. The smallest absolute Gasteiger partial charge is 0.295 e. The van der Waals surface area contributed by atoms with Crippen molar-refractivity contribution in [1.29, 1.82) is 0 Å². The summed E-state index contributed by atoms with van der Waals surface area (Å²) in [6.45, 7) is 11.5. The van der Waals surface area contributed by atoms with Crippen LogP contribution in [0.3, 0.4) is 0 Å². The van der Waals surface area contributed by atoms with E-state index >= 15 is 0 Å². The maximum atomic E-state index is 11.6. The number of nitrogens with zero attached hydrogens (tertiary/aromatic N) is 1. The lowest BCUT2D eigenvalue weighted by atomic mass is 10.1. The molecule has 0 bridgehead atoms. The van der Waals surface area contributed by atoms with E-state index in [1.54, 1.807) is 0 Å². The van der Waals surface area contributed by atoms with Gasteiger partial charge in [-0.1, -0.05) is 20.8 Å². The number of anilines is 2. The highest BCUT2D eigenvalue weighted by atomic mass is 32.2. The van der Waals surface area contributed by atoms with Crippen LogP contribution in [0.5, 0.6) is 0 Å². The van der Waals surface area contributed by atoms with Gasteiger partial charge in [-0.3, -0.25) is 10.1 Å². The molecule has 11 heteroatoms. The number of nitrogens with two attached hydrogens (primary N) is 1. The molecule has 2 rings (SSSR count). The SMILES string of the molecule is CC(C)(C)[Si](C)(C)OC[C@@H]1CNc2cc(S(N)(=O)=O)cc([N+](=O)[O-])c2N1. The number of hydrogen-bond donors (Lipinski definition) is 3. The first-order valence-electron chi connectivity index (χ1n) is 8.22. The first kappa shape index (κ1) is 20.6. The molecule has 0 saturated carbocycles. The minimum Gasteiger partial charge on any atom is -0.415 e. The van der Waals surface area contributed by atoms with E-state index in [1.165, 1.54) is 6.07 Å². The van der Waals surface area contributed by atoms with Crippen LogP contribution < -0.4 is 15.8 Å². The number of hydrogen-bond acceptors (Lipinski definition) is 7. The van der Waals surface area contributed by atoms with E-state index in [-0.39, 0.29) is 27.4 Å². The van der Waals surface area contributed by atoms with Crippen LogP contribution in [0.15, 0.2) is 17.0 Å². The maximum absolute atomic E-state index is 11.6. The maximum Gasteiger partial charge on any atom is 0.295 e. The zero-order chi connectivity index (χ0) is 19.9. The lowest BCUT2D eigenvalue weighted by Crippen LogP contribution is -2.46. The van der Waals surface area contributed by atoms with Gasteiger partial charge in [0.15, 0.2) is 8.32 Å². The minimum atomic E-state index is -4.04. The summed E-state index contributed by atoms with van der Waals surface area (Å²) >= 11 is 0. The average molecular weight is 403 g/mol. The van der Waals surface area contributed by atoms with Crippen LogP contribution in [0.2, 0.25) is 18.1 Å². The Labute approximate surface area is 154 Å². The molecule has 1 aliphatic heterocycles. The summed E-state index contributed by atoms with van der Waals surface area (Å²) in [5, 5.41) is 22.7. The van der Waals surface area contributed by atoms with E-state index in [0.29, 0.717) is 18.8 Å². The van der Waals surface area contributed by atoms with Crippen molar-refractivity contribution in [1.82, 2.24) is 0 Å². The quantitative estimate of drug-likeness (QED) is 0.391. The molecule has 1 aliphatic rings. The molecular formula is C15H26N4O5SSi. The predicted octanol–water partition coefficient (Wildman–Crippen LogP) is 2.47. The zero-order valence-electron chi connectivity index (χ0n) is 15.6. The zero-order valence-corrected chi connectivity index (χ0v) is 17.4. The van der Waals surface area contributed by atoms with Crippen LogP contribution in [0.25, 0.3) is 0 Å². The van der Waals surface area contributed by atoms with Crippen LogP contribution >= 0.6 is 0 Å². The van der Waals surface area contributed by atoms with E-state index in [4.69, 9.17) is 9.56 Å². The monoisotopic (exact) mass is 402 g/mol. The summed E-state index contributed by atoms with van der Waals surface area (Å²) in [5.74, 6) is 0. The van der Waals surface area contributed by atoms with Crippen molar-refractivity contribution < 1.29 is 17.8 Å². The van der Waals surface area contributed by atoms with Crippen LogP contribution in [-0.4, -0.2) is 40.9 Å². The van der Waals surface area contributed by atoms with Crippen LogP contribution in [0.1, 0.15) is 20.8 Å². The molecule has 0 aliphatic carbocycles. The molecule has 1 atom stereocenters. The second kappa shape index (κ2) is 6.80. The van der Waals surface area contributed by atoms with E-state index < -0.39 is 23.3 Å². The van der Waals surface area contributed by atoms with Crippen LogP contribution in [-0.2, 0) is 14.4 Å². The summed E-state index contributed by atoms with van der Waals surface area (Å²) < 4.78 is 29.3. The number of fused-ring (bicyclic) bond motifs is 1. The standard InChI is InChI=1S/C15H26N4O5SSi/c1-15(2,3)26(4,5)24-9-10-8-17-12-6-11(25(16,22)23)7-13(19(20)21)14(12)18-10/h6-7,10,17-18H,8-9H2,1-5H3,(H2,16,22,23)/t10-/m0/s1. The Morgan fingerprint density at radius 2 is 2.00 bits per heavy atom. The van der Waals surface area contributed by atoms with E-state index in [2.05, 4.69) is 44.5 Å². The van der Waals surface area contributed by atoms with Crippen molar-refractivity contribution in [3.05, 3.63) is 22.2 Å². The lowest BCUT2D eigenvalue weighted by molar-refractivity contribution is -0.384. The molecule has 0 amide bonds. The molecule has 0 spiro atoms. The van der Waals surface area contributed by atoms with E-state index in [0.717, 1.165) is 6.07 Å². The largest absolute Gasteiger partial charge is 0.415 e. The molecule has 0 radical (unpaired) electrons. The minimum absolute atomic E-state index is 0.0589.